The van der Waals surface area contributed by atoms with Gasteiger partial charge in [0.2, 0.25) is 0 Å². The van der Waals surface area contributed by atoms with E-state index in [1.54, 1.807) is 24.4 Å². The normalized spacial score (nSPS) is 17.4. The average Bonchev–Trinajstić information content (AvgIpc) is 3.32. The molecule has 216 valence electrons. The van der Waals surface area contributed by atoms with Gasteiger partial charge in [0.25, 0.3) is 0 Å². The summed E-state index contributed by atoms with van der Waals surface area (Å²) in [6.45, 7) is 11.8. The molecule has 0 spiro atoms. The summed E-state index contributed by atoms with van der Waals surface area (Å²) in [6, 6.07) is 6.84. The first kappa shape index (κ1) is 30.9. The number of aliphatic carboxylic acids is 1. The SMILES string of the molecule is C1CCC(NC2CCCCC2)CC1.CC(C)(C)c1cc(C(=O)c2ccn(CC(=O)O)c2)cc(C(C)(C)C)c1O. The molecule has 2 aliphatic rings. The minimum Gasteiger partial charge on any atom is -0.507 e. The molecule has 6 heteroatoms. The zero-order valence-electron chi connectivity index (χ0n) is 25.0. The van der Waals surface area contributed by atoms with Gasteiger partial charge in [-0.1, -0.05) is 80.1 Å². The number of carboxylic acid groups (broad SMARTS) is 1. The Morgan fingerprint density at radius 3 is 1.69 bits per heavy atom. The Kier molecular flexibility index (Phi) is 10.4. The highest BCUT2D eigenvalue weighted by Crippen LogP contribution is 2.40. The van der Waals surface area contributed by atoms with Crippen molar-refractivity contribution in [2.75, 3.05) is 0 Å². The second-order valence-corrected chi connectivity index (χ2v) is 13.6. The summed E-state index contributed by atoms with van der Waals surface area (Å²) < 4.78 is 1.46. The van der Waals surface area contributed by atoms with Crippen molar-refractivity contribution in [2.45, 2.75) is 135 Å². The molecule has 1 aromatic heterocycles. The maximum atomic E-state index is 13.0. The number of benzene rings is 1. The van der Waals surface area contributed by atoms with Crippen molar-refractivity contribution in [3.05, 3.63) is 52.8 Å². The number of carbonyl (C=O) groups is 2. The van der Waals surface area contributed by atoms with E-state index < -0.39 is 5.97 Å². The number of ketones is 1. The Morgan fingerprint density at radius 1 is 0.821 bits per heavy atom. The van der Waals surface area contributed by atoms with Crippen LogP contribution >= 0.6 is 0 Å². The Balaban J connectivity index is 0.000000268. The zero-order valence-corrected chi connectivity index (χ0v) is 25.0. The Labute approximate surface area is 235 Å². The molecular weight excluding hydrogens is 488 g/mol. The van der Waals surface area contributed by atoms with Crippen molar-refractivity contribution < 1.29 is 19.8 Å². The molecule has 2 saturated carbocycles. The maximum Gasteiger partial charge on any atom is 0.323 e. The van der Waals surface area contributed by atoms with Crippen LogP contribution in [0.4, 0.5) is 0 Å². The quantitative estimate of drug-likeness (QED) is 0.335. The van der Waals surface area contributed by atoms with Crippen molar-refractivity contribution >= 4 is 11.8 Å². The number of hydrogen-bond donors (Lipinski definition) is 3. The number of aromatic hydroxyl groups is 1. The van der Waals surface area contributed by atoms with Gasteiger partial charge in [-0.15, -0.1) is 0 Å². The van der Waals surface area contributed by atoms with Crippen LogP contribution in [-0.2, 0) is 22.2 Å². The fraction of sp³-hybridized carbons (Fsp3) is 0.636. The molecule has 0 radical (unpaired) electrons. The predicted octanol–water partition coefficient (Wildman–Crippen LogP) is 7.35. The molecule has 2 aromatic rings. The Hall–Kier alpha value is -2.60. The standard InChI is InChI=1S/C21H27NO4.C12H23N/c1-20(2,3)15-9-14(10-16(19(15)26)21(4,5)6)18(25)13-7-8-22(11-13)12-17(23)24;1-3-7-11(8-4-1)13-12-9-5-2-6-10-12/h7-11,26H,12H2,1-6H3,(H,23,24);11-13H,1-10H2. The topological polar surface area (TPSA) is 91.6 Å². The lowest BCUT2D eigenvalue weighted by Gasteiger charge is -2.30. The molecule has 0 amide bonds. The van der Waals surface area contributed by atoms with E-state index in [4.69, 9.17) is 5.11 Å². The van der Waals surface area contributed by atoms with Gasteiger partial charge in [0, 0.05) is 46.7 Å². The lowest BCUT2D eigenvalue weighted by atomic mass is 9.78. The summed E-state index contributed by atoms with van der Waals surface area (Å²) in [4.78, 5) is 23.8. The monoisotopic (exact) mass is 538 g/mol. The second-order valence-electron chi connectivity index (χ2n) is 13.6. The van der Waals surface area contributed by atoms with Gasteiger partial charge in [0.05, 0.1) is 0 Å². The first-order valence-corrected chi connectivity index (χ1v) is 14.8. The van der Waals surface area contributed by atoms with Crippen LogP contribution in [0.25, 0.3) is 0 Å². The molecule has 0 unspecified atom stereocenters. The first-order valence-electron chi connectivity index (χ1n) is 14.8. The van der Waals surface area contributed by atoms with E-state index in [0.29, 0.717) is 11.1 Å². The minimum absolute atomic E-state index is 0.190. The minimum atomic E-state index is -0.964. The molecule has 3 N–H and O–H groups in total. The molecule has 4 rings (SSSR count). The van der Waals surface area contributed by atoms with Crippen LogP contribution in [0.2, 0.25) is 0 Å². The van der Waals surface area contributed by atoms with Gasteiger partial charge in [0.15, 0.2) is 5.78 Å². The summed E-state index contributed by atoms with van der Waals surface area (Å²) in [5.41, 5.74) is 1.71. The third kappa shape index (κ3) is 8.96. The highest BCUT2D eigenvalue weighted by molar-refractivity contribution is 6.09. The van der Waals surface area contributed by atoms with E-state index in [1.807, 2.05) is 41.5 Å². The zero-order chi connectivity index (χ0) is 28.8. The molecular formula is C33H50N2O4. The van der Waals surface area contributed by atoms with E-state index in [2.05, 4.69) is 5.32 Å². The van der Waals surface area contributed by atoms with E-state index in [9.17, 15) is 14.7 Å². The fourth-order valence-corrected chi connectivity index (χ4v) is 5.78. The third-order valence-corrected chi connectivity index (χ3v) is 8.00. The number of rotatable bonds is 6. The summed E-state index contributed by atoms with van der Waals surface area (Å²) in [5, 5.41) is 23.5. The lowest BCUT2D eigenvalue weighted by Crippen LogP contribution is -2.40. The van der Waals surface area contributed by atoms with Crippen LogP contribution < -0.4 is 5.32 Å². The Morgan fingerprint density at radius 2 is 1.28 bits per heavy atom. The number of aromatic nitrogens is 1. The van der Waals surface area contributed by atoms with Crippen LogP contribution in [0, 0.1) is 0 Å². The number of hydrogen-bond acceptors (Lipinski definition) is 4. The third-order valence-electron chi connectivity index (χ3n) is 8.00. The van der Waals surface area contributed by atoms with Crippen LogP contribution in [-0.4, -0.2) is 38.6 Å². The van der Waals surface area contributed by atoms with Crippen molar-refractivity contribution in [1.82, 2.24) is 9.88 Å². The van der Waals surface area contributed by atoms with Crippen molar-refractivity contribution in [1.29, 1.82) is 0 Å². The summed E-state index contributed by atoms with van der Waals surface area (Å²) >= 11 is 0. The van der Waals surface area contributed by atoms with Gasteiger partial charge in [-0.2, -0.15) is 0 Å². The molecule has 0 aliphatic heterocycles. The van der Waals surface area contributed by atoms with E-state index in [0.717, 1.165) is 23.2 Å². The van der Waals surface area contributed by atoms with Crippen molar-refractivity contribution in [3.8, 4) is 5.75 Å². The summed E-state index contributed by atoms with van der Waals surface area (Å²) in [6.07, 6.45) is 17.7. The fourth-order valence-electron chi connectivity index (χ4n) is 5.78. The number of carbonyl (C=O) groups excluding carboxylic acids is 1. The molecule has 1 aromatic carbocycles. The van der Waals surface area contributed by atoms with E-state index in [1.165, 1.54) is 75.0 Å². The molecule has 2 aliphatic carbocycles. The van der Waals surface area contributed by atoms with Crippen LogP contribution in [0.1, 0.15) is 133 Å². The van der Waals surface area contributed by atoms with Crippen LogP contribution in [0.3, 0.4) is 0 Å². The van der Waals surface area contributed by atoms with Gasteiger partial charge in [-0.3, -0.25) is 9.59 Å². The van der Waals surface area contributed by atoms with Crippen molar-refractivity contribution in [2.24, 2.45) is 0 Å². The number of phenolic OH excluding ortho intramolecular Hbond substituents is 1. The van der Waals surface area contributed by atoms with Crippen LogP contribution in [0.5, 0.6) is 5.75 Å². The molecule has 6 nitrogen and oxygen atoms in total. The van der Waals surface area contributed by atoms with Gasteiger partial charge >= 0.3 is 5.97 Å². The Bertz CT molecular complexity index is 1060. The first-order chi connectivity index (χ1) is 18.3. The average molecular weight is 539 g/mol. The van der Waals surface area contributed by atoms with Gasteiger partial charge < -0.3 is 20.1 Å². The molecule has 0 bridgehead atoms. The number of nitrogens with zero attached hydrogens (tertiary/aromatic N) is 1. The van der Waals surface area contributed by atoms with Gasteiger partial charge in [-0.05, 0) is 54.7 Å². The number of carboxylic acids is 1. The summed E-state index contributed by atoms with van der Waals surface area (Å²) in [5.74, 6) is -0.926. The van der Waals surface area contributed by atoms with E-state index in [-0.39, 0.29) is 28.9 Å². The molecule has 2 fully saturated rings. The van der Waals surface area contributed by atoms with E-state index >= 15 is 0 Å². The summed E-state index contributed by atoms with van der Waals surface area (Å²) in [7, 11) is 0. The highest BCUT2D eigenvalue weighted by Gasteiger charge is 2.28. The molecule has 0 atom stereocenters. The largest absolute Gasteiger partial charge is 0.507 e. The molecule has 39 heavy (non-hydrogen) atoms. The second kappa shape index (κ2) is 13.2. The lowest BCUT2D eigenvalue weighted by molar-refractivity contribution is -0.137. The highest BCUT2D eigenvalue weighted by atomic mass is 16.4. The van der Waals surface area contributed by atoms with Gasteiger partial charge in [0.1, 0.15) is 12.3 Å². The van der Waals surface area contributed by atoms with Gasteiger partial charge in [-0.25, -0.2) is 0 Å². The molecule has 1 heterocycles. The predicted molar refractivity (Wildman–Crippen MR) is 158 cm³/mol. The smallest absolute Gasteiger partial charge is 0.323 e. The maximum absolute atomic E-state index is 13.0. The van der Waals surface area contributed by atoms with Crippen LogP contribution in [0.15, 0.2) is 30.6 Å². The molecule has 0 saturated heterocycles. The van der Waals surface area contributed by atoms with Crippen molar-refractivity contribution in [3.63, 3.8) is 0 Å². The number of nitrogens with one attached hydrogen (secondary N) is 1. The number of phenols is 1.